The summed E-state index contributed by atoms with van der Waals surface area (Å²) in [6.45, 7) is 3.17. The first kappa shape index (κ1) is 31.9. The summed E-state index contributed by atoms with van der Waals surface area (Å²) in [5, 5.41) is 4.08. The molecule has 0 heterocycles. The van der Waals surface area contributed by atoms with E-state index in [0.29, 0.717) is 27.7 Å². The number of rotatable bonds is 11. The zero-order valence-electron chi connectivity index (χ0n) is 23.9. The molecule has 0 aliphatic heterocycles. The number of sulfonamides is 1. The van der Waals surface area contributed by atoms with Gasteiger partial charge in [-0.3, -0.25) is 13.9 Å². The van der Waals surface area contributed by atoms with Crippen molar-refractivity contribution in [2.45, 2.75) is 75.9 Å². The van der Waals surface area contributed by atoms with E-state index in [-0.39, 0.29) is 23.4 Å². The molecule has 224 valence electrons. The second-order valence-corrected chi connectivity index (χ2v) is 13.3. The second-order valence-electron chi connectivity index (χ2n) is 10.6. The largest absolute Gasteiger partial charge is 0.352 e. The Kier molecular flexibility index (Phi) is 10.9. The van der Waals surface area contributed by atoms with E-state index >= 15 is 0 Å². The number of carbonyl (C=O) groups is 2. The van der Waals surface area contributed by atoms with Gasteiger partial charge >= 0.3 is 0 Å². The molecule has 10 heteroatoms. The van der Waals surface area contributed by atoms with Crippen LogP contribution >= 0.6 is 23.2 Å². The van der Waals surface area contributed by atoms with Gasteiger partial charge in [0.1, 0.15) is 12.6 Å². The second kappa shape index (κ2) is 14.4. The Labute approximate surface area is 258 Å². The minimum absolute atomic E-state index is 0.0449. The fourth-order valence-electron chi connectivity index (χ4n) is 5.35. The zero-order chi connectivity index (χ0) is 30.3. The van der Waals surface area contributed by atoms with Gasteiger partial charge in [0.2, 0.25) is 11.8 Å². The van der Waals surface area contributed by atoms with Crippen LogP contribution in [-0.2, 0) is 26.2 Å². The van der Waals surface area contributed by atoms with Crippen LogP contribution in [0.2, 0.25) is 10.0 Å². The number of nitrogens with one attached hydrogen (secondary N) is 1. The summed E-state index contributed by atoms with van der Waals surface area (Å²) < 4.78 is 29.1. The van der Waals surface area contributed by atoms with Crippen molar-refractivity contribution in [2.24, 2.45) is 0 Å². The molecule has 4 rings (SSSR count). The van der Waals surface area contributed by atoms with Crippen molar-refractivity contribution in [3.63, 3.8) is 0 Å². The molecular formula is C32H37Cl2N3O4S. The molecule has 0 radical (unpaired) electrons. The minimum atomic E-state index is -4.17. The lowest BCUT2D eigenvalue weighted by atomic mass is 9.95. The fourth-order valence-corrected chi connectivity index (χ4v) is 7.14. The van der Waals surface area contributed by atoms with Gasteiger partial charge < -0.3 is 10.2 Å². The van der Waals surface area contributed by atoms with Crippen molar-refractivity contribution in [2.75, 3.05) is 10.8 Å². The van der Waals surface area contributed by atoms with Gasteiger partial charge in [0.15, 0.2) is 0 Å². The van der Waals surface area contributed by atoms with E-state index in [1.54, 1.807) is 67.6 Å². The monoisotopic (exact) mass is 629 g/mol. The molecule has 1 aliphatic carbocycles. The third-order valence-corrected chi connectivity index (χ3v) is 10.2. The van der Waals surface area contributed by atoms with E-state index in [4.69, 9.17) is 23.2 Å². The lowest BCUT2D eigenvalue weighted by molar-refractivity contribution is -0.140. The SMILES string of the molecule is CC[C@H](C(=O)NC1CCCCC1)N(Cc1ccc(Cl)cc1)C(=O)CN(c1cccc(Cl)c1C)S(=O)(=O)c1ccccc1. The summed E-state index contributed by atoms with van der Waals surface area (Å²) in [6.07, 6.45) is 5.44. The van der Waals surface area contributed by atoms with Crippen molar-refractivity contribution in [1.82, 2.24) is 10.2 Å². The summed E-state index contributed by atoms with van der Waals surface area (Å²) in [7, 11) is -4.17. The Morgan fingerprint density at radius 3 is 2.24 bits per heavy atom. The molecule has 0 aromatic heterocycles. The van der Waals surface area contributed by atoms with Crippen LogP contribution in [0.5, 0.6) is 0 Å². The van der Waals surface area contributed by atoms with Gasteiger partial charge in [0, 0.05) is 22.6 Å². The predicted molar refractivity (Wildman–Crippen MR) is 168 cm³/mol. The van der Waals surface area contributed by atoms with Gasteiger partial charge in [-0.2, -0.15) is 0 Å². The van der Waals surface area contributed by atoms with Crippen LogP contribution in [0, 0.1) is 6.92 Å². The molecule has 2 amide bonds. The highest BCUT2D eigenvalue weighted by Gasteiger charge is 2.35. The van der Waals surface area contributed by atoms with E-state index < -0.39 is 28.5 Å². The van der Waals surface area contributed by atoms with Crippen molar-refractivity contribution < 1.29 is 18.0 Å². The summed E-state index contributed by atoms with van der Waals surface area (Å²) in [6, 6.07) is 19.3. The molecule has 1 N–H and O–H groups in total. The van der Waals surface area contributed by atoms with Crippen LogP contribution in [0.3, 0.4) is 0 Å². The molecule has 1 atom stereocenters. The Balaban J connectivity index is 1.72. The van der Waals surface area contributed by atoms with E-state index in [9.17, 15) is 18.0 Å². The molecule has 0 saturated heterocycles. The van der Waals surface area contributed by atoms with Gasteiger partial charge in [-0.1, -0.05) is 85.8 Å². The molecule has 3 aromatic rings. The van der Waals surface area contributed by atoms with Gasteiger partial charge in [-0.05, 0) is 73.7 Å². The highest BCUT2D eigenvalue weighted by molar-refractivity contribution is 7.92. The third-order valence-electron chi connectivity index (χ3n) is 7.72. The van der Waals surface area contributed by atoms with Crippen LogP contribution in [-0.4, -0.2) is 43.8 Å². The average molecular weight is 631 g/mol. The maximum absolute atomic E-state index is 14.3. The van der Waals surface area contributed by atoms with Crippen LogP contribution in [0.1, 0.15) is 56.6 Å². The Bertz CT molecular complexity index is 1480. The topological polar surface area (TPSA) is 86.8 Å². The molecule has 7 nitrogen and oxygen atoms in total. The van der Waals surface area contributed by atoms with E-state index in [0.717, 1.165) is 42.0 Å². The first-order chi connectivity index (χ1) is 20.1. The normalized spacial score (nSPS) is 14.7. The number of carbonyl (C=O) groups excluding carboxylic acids is 2. The van der Waals surface area contributed by atoms with Crippen molar-refractivity contribution >= 4 is 50.7 Å². The number of nitrogens with zero attached hydrogens (tertiary/aromatic N) is 2. The molecule has 0 bridgehead atoms. The Morgan fingerprint density at radius 1 is 0.929 bits per heavy atom. The zero-order valence-corrected chi connectivity index (χ0v) is 26.3. The Hall–Kier alpha value is -3.07. The molecule has 3 aromatic carbocycles. The molecule has 1 aliphatic rings. The summed E-state index contributed by atoms with van der Waals surface area (Å²) in [4.78, 5) is 29.4. The third kappa shape index (κ3) is 7.65. The minimum Gasteiger partial charge on any atom is -0.352 e. The van der Waals surface area contributed by atoms with Crippen LogP contribution in [0.25, 0.3) is 0 Å². The number of anilines is 1. The highest BCUT2D eigenvalue weighted by atomic mass is 35.5. The molecule has 0 unspecified atom stereocenters. The Morgan fingerprint density at radius 2 is 1.60 bits per heavy atom. The first-order valence-electron chi connectivity index (χ1n) is 14.3. The first-order valence-corrected chi connectivity index (χ1v) is 16.5. The number of benzene rings is 3. The highest BCUT2D eigenvalue weighted by Crippen LogP contribution is 2.31. The molecule has 1 saturated carbocycles. The number of halogens is 2. The number of hydrogen-bond acceptors (Lipinski definition) is 4. The van der Waals surface area contributed by atoms with Crippen molar-refractivity contribution in [3.8, 4) is 0 Å². The average Bonchev–Trinajstić information content (AvgIpc) is 2.99. The molecular weight excluding hydrogens is 593 g/mol. The van der Waals surface area contributed by atoms with Crippen molar-refractivity contribution in [1.29, 1.82) is 0 Å². The van der Waals surface area contributed by atoms with Crippen LogP contribution in [0.4, 0.5) is 5.69 Å². The number of hydrogen-bond donors (Lipinski definition) is 1. The maximum atomic E-state index is 14.3. The summed E-state index contributed by atoms with van der Waals surface area (Å²) in [5.41, 5.74) is 1.59. The van der Waals surface area contributed by atoms with E-state index in [1.807, 2.05) is 6.92 Å². The maximum Gasteiger partial charge on any atom is 0.264 e. The fraction of sp³-hybridized carbons (Fsp3) is 0.375. The van der Waals surface area contributed by atoms with Gasteiger partial charge in [-0.15, -0.1) is 0 Å². The van der Waals surface area contributed by atoms with Crippen LogP contribution < -0.4 is 9.62 Å². The quantitative estimate of drug-likeness (QED) is 0.254. The predicted octanol–water partition coefficient (Wildman–Crippen LogP) is 6.75. The summed E-state index contributed by atoms with van der Waals surface area (Å²) >= 11 is 12.5. The van der Waals surface area contributed by atoms with Crippen LogP contribution in [0.15, 0.2) is 77.7 Å². The summed E-state index contributed by atoms with van der Waals surface area (Å²) in [5.74, 6) is -0.738. The van der Waals surface area contributed by atoms with Gasteiger partial charge in [-0.25, -0.2) is 8.42 Å². The molecule has 0 spiro atoms. The molecule has 42 heavy (non-hydrogen) atoms. The van der Waals surface area contributed by atoms with Crippen molar-refractivity contribution in [3.05, 3.63) is 94.0 Å². The van der Waals surface area contributed by atoms with Gasteiger partial charge in [0.05, 0.1) is 10.6 Å². The standard InChI is InChI=1S/C32H37Cl2N3O4S/c1-3-29(32(39)35-26-11-6-4-7-12-26)36(21-24-17-19-25(33)20-18-24)31(38)22-37(30-16-10-15-28(34)23(30)2)42(40,41)27-13-8-5-9-14-27/h5,8-10,13-20,26,29H,3-4,6-7,11-12,21-22H2,1-2H3,(H,35,39)/t29-/m1/s1. The lowest BCUT2D eigenvalue weighted by Gasteiger charge is -2.34. The molecule has 1 fully saturated rings. The smallest absolute Gasteiger partial charge is 0.264 e. The van der Waals surface area contributed by atoms with Gasteiger partial charge in [0.25, 0.3) is 10.0 Å². The number of amides is 2. The van der Waals surface area contributed by atoms with E-state index in [1.165, 1.54) is 17.0 Å². The lowest BCUT2D eigenvalue weighted by Crippen LogP contribution is -2.54. The van der Waals surface area contributed by atoms with E-state index in [2.05, 4.69) is 5.32 Å².